The van der Waals surface area contributed by atoms with Crippen LogP contribution in [0.2, 0.25) is 0 Å². The quantitative estimate of drug-likeness (QED) is 0.276. The van der Waals surface area contributed by atoms with Crippen LogP contribution >= 0.6 is 0 Å². The Labute approximate surface area is 204 Å². The lowest BCUT2D eigenvalue weighted by Gasteiger charge is -2.09. The van der Waals surface area contributed by atoms with Gasteiger partial charge in [0.2, 0.25) is 0 Å². The minimum Gasteiger partial charge on any atom is -0.482 e. The first-order valence-electron chi connectivity index (χ1n) is 11.3. The molecule has 0 atom stereocenters. The molecule has 9 heteroatoms. The van der Waals surface area contributed by atoms with Crippen LogP contribution in [-0.4, -0.2) is 44.3 Å². The van der Waals surface area contributed by atoms with Gasteiger partial charge in [0.15, 0.2) is 6.61 Å². The van der Waals surface area contributed by atoms with Gasteiger partial charge in [0.25, 0.3) is 11.5 Å². The predicted octanol–water partition coefficient (Wildman–Crippen LogP) is 3.07. The van der Waals surface area contributed by atoms with E-state index < -0.39 is 0 Å². The number of aryl methyl sites for hydroxylation is 1. The average Bonchev–Trinajstić information content (AvgIpc) is 3.28. The first kappa shape index (κ1) is 25.4. The molecule has 182 valence electrons. The Morgan fingerprint density at radius 1 is 1.26 bits per heavy atom. The topological polar surface area (TPSA) is 103 Å². The van der Waals surface area contributed by atoms with Gasteiger partial charge in [0, 0.05) is 37.1 Å². The predicted molar refractivity (Wildman–Crippen MR) is 136 cm³/mol. The lowest BCUT2D eigenvalue weighted by molar-refractivity contribution is -0.124. The second kappa shape index (κ2) is 12.3. The fourth-order valence-electron chi connectivity index (χ4n) is 3.26. The van der Waals surface area contributed by atoms with Crippen LogP contribution < -0.4 is 10.9 Å². The largest absolute Gasteiger partial charge is 0.482 e. The van der Waals surface area contributed by atoms with Crippen LogP contribution in [0.4, 0.5) is 0 Å². The van der Waals surface area contributed by atoms with Crippen LogP contribution in [-0.2, 0) is 23.1 Å². The maximum absolute atomic E-state index is 12.4. The third-order valence-corrected chi connectivity index (χ3v) is 5.00. The van der Waals surface area contributed by atoms with E-state index in [-0.39, 0.29) is 18.1 Å². The smallest absolute Gasteiger partial charge is 0.267 e. The summed E-state index contributed by atoms with van der Waals surface area (Å²) in [4.78, 5) is 28.6. The number of benzene rings is 1. The van der Waals surface area contributed by atoms with Gasteiger partial charge in [-0.25, -0.2) is 4.68 Å². The van der Waals surface area contributed by atoms with Crippen LogP contribution in [0.25, 0.3) is 11.3 Å². The van der Waals surface area contributed by atoms with Gasteiger partial charge in [-0.2, -0.15) is 10.2 Å². The minimum absolute atomic E-state index is 0.0755. The number of nitrogens with one attached hydrogen (secondary N) is 1. The molecule has 0 spiro atoms. The highest BCUT2D eigenvalue weighted by Gasteiger charge is 2.07. The SMILES string of the molecule is CC=C/C(=C\N=C(C)c1cccc(Cn2nc(-c3cnn(C)c3)ccc2=O)c1)OCC(=O)NCC. The molecular formula is C26H30N6O3. The second-order valence-electron chi connectivity index (χ2n) is 7.81. The van der Waals surface area contributed by atoms with Crippen molar-refractivity contribution in [3.8, 4) is 11.3 Å². The normalized spacial score (nSPS) is 12.2. The van der Waals surface area contributed by atoms with Crippen LogP contribution in [0, 0.1) is 0 Å². The van der Waals surface area contributed by atoms with E-state index in [0.29, 0.717) is 24.5 Å². The molecule has 0 saturated heterocycles. The number of ether oxygens (including phenoxy) is 1. The zero-order valence-electron chi connectivity index (χ0n) is 20.4. The Balaban J connectivity index is 1.78. The number of aliphatic imine (C=N–C) groups is 1. The Hall–Kier alpha value is -4.27. The number of allylic oxidation sites excluding steroid dienone is 2. The maximum atomic E-state index is 12.4. The van der Waals surface area contributed by atoms with Gasteiger partial charge in [0.1, 0.15) is 5.76 Å². The van der Waals surface area contributed by atoms with E-state index in [1.54, 1.807) is 29.2 Å². The fourth-order valence-corrected chi connectivity index (χ4v) is 3.26. The van der Waals surface area contributed by atoms with Gasteiger partial charge in [-0.1, -0.05) is 24.3 Å². The molecule has 0 saturated carbocycles. The van der Waals surface area contributed by atoms with Crippen LogP contribution in [0.1, 0.15) is 31.9 Å². The molecule has 2 aromatic heterocycles. The maximum Gasteiger partial charge on any atom is 0.267 e. The standard InChI is InChI=1S/C26H30N6O3/c1-5-8-23(35-18-25(33)27-6-2)15-28-19(3)21-10-7-9-20(13-21)16-32-26(34)12-11-24(30-32)22-14-29-31(4)17-22/h5,7-15,17H,6,16,18H2,1-4H3,(H,27,33)/b8-5?,23-15+,28-19?. The summed E-state index contributed by atoms with van der Waals surface area (Å²) < 4.78 is 8.68. The van der Waals surface area contributed by atoms with Gasteiger partial charge >= 0.3 is 0 Å². The van der Waals surface area contributed by atoms with E-state index in [4.69, 9.17) is 4.74 Å². The molecule has 3 aromatic rings. The highest BCUT2D eigenvalue weighted by atomic mass is 16.5. The van der Waals surface area contributed by atoms with Crippen molar-refractivity contribution in [1.82, 2.24) is 24.9 Å². The van der Waals surface area contributed by atoms with E-state index in [1.165, 1.54) is 10.7 Å². The van der Waals surface area contributed by atoms with E-state index in [2.05, 4.69) is 20.5 Å². The van der Waals surface area contributed by atoms with Crippen molar-refractivity contribution in [1.29, 1.82) is 0 Å². The number of aromatic nitrogens is 4. The molecule has 0 bridgehead atoms. The van der Waals surface area contributed by atoms with Crippen molar-refractivity contribution in [3.63, 3.8) is 0 Å². The Morgan fingerprint density at radius 3 is 2.80 bits per heavy atom. The average molecular weight is 475 g/mol. The zero-order chi connectivity index (χ0) is 25.2. The lowest BCUT2D eigenvalue weighted by Crippen LogP contribution is -2.26. The minimum atomic E-state index is -0.187. The first-order valence-corrected chi connectivity index (χ1v) is 11.3. The number of carbonyl (C=O) groups is 1. The number of carbonyl (C=O) groups excluding carboxylic acids is 1. The molecule has 0 fully saturated rings. The number of hydrogen-bond acceptors (Lipinski definition) is 6. The fraction of sp³-hybridized carbons (Fsp3) is 0.269. The molecule has 0 aliphatic heterocycles. The highest BCUT2D eigenvalue weighted by Crippen LogP contribution is 2.14. The van der Waals surface area contributed by atoms with Crippen molar-refractivity contribution >= 4 is 11.6 Å². The third kappa shape index (κ3) is 7.36. The number of amides is 1. The van der Waals surface area contributed by atoms with Gasteiger partial charge in [-0.05, 0) is 50.1 Å². The highest BCUT2D eigenvalue weighted by molar-refractivity contribution is 5.99. The Bertz CT molecular complexity index is 1320. The van der Waals surface area contributed by atoms with E-state index in [9.17, 15) is 9.59 Å². The van der Waals surface area contributed by atoms with Crippen molar-refractivity contribution in [2.24, 2.45) is 12.0 Å². The molecule has 1 N–H and O–H groups in total. The molecule has 35 heavy (non-hydrogen) atoms. The molecule has 1 aromatic carbocycles. The van der Waals surface area contributed by atoms with Crippen molar-refractivity contribution in [3.05, 3.63) is 94.4 Å². The Morgan fingerprint density at radius 2 is 2.09 bits per heavy atom. The van der Waals surface area contributed by atoms with Crippen LogP contribution in [0.15, 0.2) is 82.7 Å². The molecule has 0 aliphatic carbocycles. The van der Waals surface area contributed by atoms with E-state index in [0.717, 1.165) is 22.4 Å². The summed E-state index contributed by atoms with van der Waals surface area (Å²) in [5.41, 5.74) is 3.92. The third-order valence-electron chi connectivity index (χ3n) is 5.00. The van der Waals surface area contributed by atoms with Gasteiger partial charge in [0.05, 0.1) is 24.6 Å². The van der Waals surface area contributed by atoms with Crippen LogP contribution in [0.3, 0.4) is 0 Å². The van der Waals surface area contributed by atoms with Gasteiger partial charge < -0.3 is 10.1 Å². The molecule has 0 radical (unpaired) electrons. The summed E-state index contributed by atoms with van der Waals surface area (Å²) in [5.74, 6) is 0.296. The zero-order valence-corrected chi connectivity index (χ0v) is 20.4. The molecule has 0 unspecified atom stereocenters. The number of likely N-dealkylation sites (N-methyl/N-ethyl adjacent to an activating group) is 1. The van der Waals surface area contributed by atoms with Crippen LogP contribution in [0.5, 0.6) is 0 Å². The number of rotatable bonds is 10. The summed E-state index contributed by atoms with van der Waals surface area (Å²) in [6.07, 6.45) is 8.73. The summed E-state index contributed by atoms with van der Waals surface area (Å²) >= 11 is 0. The van der Waals surface area contributed by atoms with Gasteiger partial charge in [-0.3, -0.25) is 19.3 Å². The number of hydrogen-bond donors (Lipinski definition) is 1. The van der Waals surface area contributed by atoms with Crippen molar-refractivity contribution < 1.29 is 9.53 Å². The molecule has 1 amide bonds. The summed E-state index contributed by atoms with van der Waals surface area (Å²) in [7, 11) is 1.83. The van der Waals surface area contributed by atoms with Crippen molar-refractivity contribution in [2.45, 2.75) is 27.3 Å². The summed E-state index contributed by atoms with van der Waals surface area (Å²) in [5, 5.41) is 11.4. The Kier molecular flexibility index (Phi) is 8.89. The monoisotopic (exact) mass is 474 g/mol. The van der Waals surface area contributed by atoms with Crippen molar-refractivity contribution in [2.75, 3.05) is 13.2 Å². The molecule has 0 aliphatic rings. The first-order chi connectivity index (χ1) is 16.9. The van der Waals surface area contributed by atoms with E-state index >= 15 is 0 Å². The molecular weight excluding hydrogens is 444 g/mol. The molecule has 9 nitrogen and oxygen atoms in total. The second-order valence-corrected chi connectivity index (χ2v) is 7.81. The summed E-state index contributed by atoms with van der Waals surface area (Å²) in [6, 6.07) is 11.0. The molecule has 3 rings (SSSR count). The van der Waals surface area contributed by atoms with E-state index in [1.807, 2.05) is 64.4 Å². The van der Waals surface area contributed by atoms with Gasteiger partial charge in [-0.15, -0.1) is 0 Å². The lowest BCUT2D eigenvalue weighted by atomic mass is 10.1. The number of nitrogens with zero attached hydrogens (tertiary/aromatic N) is 5. The summed E-state index contributed by atoms with van der Waals surface area (Å²) in [6.45, 7) is 6.40. The molecule has 2 heterocycles.